The number of rotatable bonds is 1. The van der Waals surface area contributed by atoms with Gasteiger partial charge in [0.15, 0.2) is 0 Å². The lowest BCUT2D eigenvalue weighted by Crippen LogP contribution is -2.32. The monoisotopic (exact) mass is 393 g/mol. The van der Waals surface area contributed by atoms with E-state index in [0.717, 1.165) is 4.68 Å². The molecule has 7 nitrogen and oxygen atoms in total. The summed E-state index contributed by atoms with van der Waals surface area (Å²) in [4.78, 5) is 41.2. The fourth-order valence-electron chi connectivity index (χ4n) is 2.97. The number of aromatic nitrogens is 3. The van der Waals surface area contributed by atoms with Crippen LogP contribution < -0.4 is 16.5 Å². The molecule has 0 spiro atoms. The zero-order valence-electron chi connectivity index (χ0n) is 14.2. The standard InChI is InChI=1S/C20H12ClN3O4/c21-12-5-8-14-15(10-12)22-17-16(18(14)26)20(28)24(23-19(17)27)13-6-3-11(4-7-13)2-1-9-25/h3-8,10,25H,9H2,(H,22,26)(H,23,27). The molecular weight excluding hydrogens is 382 g/mol. The summed E-state index contributed by atoms with van der Waals surface area (Å²) < 4.78 is 1.02. The predicted molar refractivity (Wildman–Crippen MR) is 107 cm³/mol. The first kappa shape index (κ1) is 17.8. The van der Waals surface area contributed by atoms with Crippen LogP contribution in [0.2, 0.25) is 5.02 Å². The molecule has 0 amide bonds. The molecule has 0 atom stereocenters. The highest BCUT2D eigenvalue weighted by Gasteiger charge is 2.15. The summed E-state index contributed by atoms with van der Waals surface area (Å²) in [6.45, 7) is -0.263. The normalized spacial score (nSPS) is 10.8. The van der Waals surface area contributed by atoms with E-state index in [1.165, 1.54) is 12.1 Å². The topological polar surface area (TPSA) is 108 Å². The first-order valence-corrected chi connectivity index (χ1v) is 8.58. The van der Waals surface area contributed by atoms with Crippen LogP contribution in [0.15, 0.2) is 56.8 Å². The minimum Gasteiger partial charge on any atom is -0.384 e. The number of benzene rings is 2. The minimum atomic E-state index is -0.651. The van der Waals surface area contributed by atoms with Crippen LogP contribution >= 0.6 is 11.6 Å². The Kier molecular flexibility index (Phi) is 4.35. The van der Waals surface area contributed by atoms with E-state index < -0.39 is 16.5 Å². The van der Waals surface area contributed by atoms with E-state index in [0.29, 0.717) is 21.8 Å². The van der Waals surface area contributed by atoms with E-state index in [4.69, 9.17) is 16.7 Å². The summed E-state index contributed by atoms with van der Waals surface area (Å²) in [6, 6.07) is 11.0. The lowest BCUT2D eigenvalue weighted by molar-refractivity contribution is 0.350. The SMILES string of the molecule is O=c1[nH]n(-c2ccc(C#CCO)cc2)c(=O)c2c(=O)c3ccc(Cl)cc3[nH]c12. The van der Waals surface area contributed by atoms with E-state index in [9.17, 15) is 14.4 Å². The molecule has 2 aromatic carbocycles. The molecule has 0 bridgehead atoms. The summed E-state index contributed by atoms with van der Waals surface area (Å²) in [7, 11) is 0. The average molecular weight is 394 g/mol. The van der Waals surface area contributed by atoms with Gasteiger partial charge >= 0.3 is 0 Å². The van der Waals surface area contributed by atoms with Gasteiger partial charge in [-0.2, -0.15) is 0 Å². The maximum Gasteiger partial charge on any atom is 0.287 e. The Morgan fingerprint density at radius 3 is 2.54 bits per heavy atom. The predicted octanol–water partition coefficient (Wildman–Crippen LogP) is 1.52. The van der Waals surface area contributed by atoms with Gasteiger partial charge in [-0.25, -0.2) is 4.68 Å². The molecular formula is C20H12ClN3O4. The second kappa shape index (κ2) is 6.85. The fraction of sp³-hybridized carbons (Fsp3) is 0.0500. The minimum absolute atomic E-state index is 0.105. The van der Waals surface area contributed by atoms with Gasteiger partial charge in [0.25, 0.3) is 11.1 Å². The second-order valence-electron chi connectivity index (χ2n) is 5.98. The van der Waals surface area contributed by atoms with Gasteiger partial charge in [-0.15, -0.1) is 0 Å². The van der Waals surface area contributed by atoms with Gasteiger partial charge in [0.2, 0.25) is 5.43 Å². The van der Waals surface area contributed by atoms with Crippen molar-refractivity contribution in [2.24, 2.45) is 0 Å². The Morgan fingerprint density at radius 1 is 1.07 bits per heavy atom. The van der Waals surface area contributed by atoms with E-state index in [1.54, 1.807) is 30.3 Å². The number of aromatic amines is 2. The van der Waals surface area contributed by atoms with Crippen molar-refractivity contribution in [3.05, 3.63) is 84.0 Å². The smallest absolute Gasteiger partial charge is 0.287 e. The number of fused-ring (bicyclic) bond motifs is 2. The van der Waals surface area contributed by atoms with Crippen LogP contribution in [0, 0.1) is 11.8 Å². The molecule has 0 radical (unpaired) electrons. The summed E-state index contributed by atoms with van der Waals surface area (Å²) >= 11 is 5.95. The molecule has 28 heavy (non-hydrogen) atoms. The van der Waals surface area contributed by atoms with Gasteiger partial charge in [-0.05, 0) is 42.5 Å². The van der Waals surface area contributed by atoms with Crippen LogP contribution in [0.4, 0.5) is 0 Å². The third kappa shape index (κ3) is 2.91. The molecule has 0 unspecified atom stereocenters. The van der Waals surface area contributed by atoms with Crippen LogP contribution in [-0.2, 0) is 0 Å². The number of pyridine rings is 1. The molecule has 2 aromatic heterocycles. The molecule has 0 aliphatic rings. The first-order chi connectivity index (χ1) is 13.5. The van der Waals surface area contributed by atoms with Gasteiger partial charge in [0, 0.05) is 16.0 Å². The van der Waals surface area contributed by atoms with Crippen molar-refractivity contribution in [3.8, 4) is 17.5 Å². The van der Waals surface area contributed by atoms with Crippen molar-refractivity contribution in [1.82, 2.24) is 14.8 Å². The number of H-pyrrole nitrogens is 2. The molecule has 8 heteroatoms. The first-order valence-electron chi connectivity index (χ1n) is 8.20. The molecule has 138 valence electrons. The Bertz CT molecular complexity index is 1470. The third-order valence-corrected chi connectivity index (χ3v) is 4.49. The maximum absolute atomic E-state index is 13.0. The molecule has 0 fully saturated rings. The van der Waals surface area contributed by atoms with Crippen LogP contribution in [-0.4, -0.2) is 26.5 Å². The third-order valence-electron chi connectivity index (χ3n) is 4.26. The van der Waals surface area contributed by atoms with Gasteiger partial charge in [0.1, 0.15) is 17.5 Å². The number of nitrogens with zero attached hydrogens (tertiary/aromatic N) is 1. The summed E-state index contributed by atoms with van der Waals surface area (Å²) in [6.07, 6.45) is 0. The van der Waals surface area contributed by atoms with Crippen LogP contribution in [0.1, 0.15) is 5.56 Å². The van der Waals surface area contributed by atoms with Crippen molar-refractivity contribution < 1.29 is 5.11 Å². The zero-order chi connectivity index (χ0) is 19.8. The van der Waals surface area contributed by atoms with Crippen molar-refractivity contribution in [3.63, 3.8) is 0 Å². The molecule has 4 aromatic rings. The van der Waals surface area contributed by atoms with Crippen molar-refractivity contribution in [2.45, 2.75) is 0 Å². The van der Waals surface area contributed by atoms with E-state index in [1.807, 2.05) is 0 Å². The summed E-state index contributed by atoms with van der Waals surface area (Å²) in [5.41, 5.74) is -0.537. The number of aliphatic hydroxyl groups excluding tert-OH is 1. The molecule has 4 rings (SSSR count). The summed E-state index contributed by atoms with van der Waals surface area (Å²) in [5.74, 6) is 5.26. The van der Waals surface area contributed by atoms with Gasteiger partial charge in [-0.3, -0.25) is 19.5 Å². The summed E-state index contributed by atoms with van der Waals surface area (Å²) in [5, 5.41) is 11.6. The van der Waals surface area contributed by atoms with Gasteiger partial charge in [0.05, 0.1) is 11.2 Å². The maximum atomic E-state index is 13.0. The largest absolute Gasteiger partial charge is 0.384 e. The van der Waals surface area contributed by atoms with E-state index in [-0.39, 0.29) is 22.9 Å². The quantitative estimate of drug-likeness (QED) is 0.336. The fourth-order valence-corrected chi connectivity index (χ4v) is 3.15. The molecule has 0 aliphatic carbocycles. The Morgan fingerprint density at radius 2 is 1.82 bits per heavy atom. The van der Waals surface area contributed by atoms with Crippen molar-refractivity contribution in [2.75, 3.05) is 6.61 Å². The molecule has 0 saturated carbocycles. The average Bonchev–Trinajstić information content (AvgIpc) is 2.69. The highest BCUT2D eigenvalue weighted by molar-refractivity contribution is 6.31. The Labute approximate surface area is 161 Å². The Balaban J connectivity index is 2.00. The van der Waals surface area contributed by atoms with Crippen LogP contribution in [0.3, 0.4) is 0 Å². The lowest BCUT2D eigenvalue weighted by Gasteiger charge is -2.08. The van der Waals surface area contributed by atoms with E-state index in [2.05, 4.69) is 21.9 Å². The van der Waals surface area contributed by atoms with Gasteiger partial charge < -0.3 is 10.1 Å². The van der Waals surface area contributed by atoms with Crippen molar-refractivity contribution >= 4 is 33.4 Å². The Hall–Kier alpha value is -3.60. The number of aliphatic hydroxyl groups is 1. The number of halogens is 1. The number of nitrogens with one attached hydrogen (secondary N) is 2. The molecule has 2 heterocycles. The number of hydrogen-bond donors (Lipinski definition) is 3. The molecule has 0 aliphatic heterocycles. The molecule has 0 saturated heterocycles. The number of hydrogen-bond acceptors (Lipinski definition) is 4. The van der Waals surface area contributed by atoms with Crippen LogP contribution in [0.25, 0.3) is 27.5 Å². The highest BCUT2D eigenvalue weighted by atomic mass is 35.5. The lowest BCUT2D eigenvalue weighted by atomic mass is 10.1. The highest BCUT2D eigenvalue weighted by Crippen LogP contribution is 2.16. The second-order valence-corrected chi connectivity index (χ2v) is 6.42. The molecule has 3 N–H and O–H groups in total. The van der Waals surface area contributed by atoms with Crippen molar-refractivity contribution in [1.29, 1.82) is 0 Å². The van der Waals surface area contributed by atoms with E-state index >= 15 is 0 Å². The van der Waals surface area contributed by atoms with Crippen LogP contribution in [0.5, 0.6) is 0 Å². The zero-order valence-corrected chi connectivity index (χ0v) is 15.0. The van der Waals surface area contributed by atoms with Gasteiger partial charge in [-0.1, -0.05) is 23.4 Å².